The lowest BCUT2D eigenvalue weighted by Crippen LogP contribution is -2.28. The number of rotatable bonds is 10. The molecule has 120 valence electrons. The Morgan fingerprint density at radius 1 is 1.00 bits per heavy atom. The van der Waals surface area contributed by atoms with Gasteiger partial charge in [0.1, 0.15) is 0 Å². The lowest BCUT2D eigenvalue weighted by Gasteiger charge is -2.20. The van der Waals surface area contributed by atoms with Crippen molar-refractivity contribution in [1.29, 1.82) is 0 Å². The van der Waals surface area contributed by atoms with Crippen LogP contribution < -0.4 is 25.5 Å². The summed E-state index contributed by atoms with van der Waals surface area (Å²) in [6.07, 6.45) is 5.82. The Balaban J connectivity index is 2.93. The van der Waals surface area contributed by atoms with E-state index in [2.05, 4.69) is 12.3 Å². The topological polar surface area (TPSA) is 65.7 Å². The smallest absolute Gasteiger partial charge is 0.203 e. The molecule has 1 atom stereocenters. The lowest BCUT2D eigenvalue weighted by atomic mass is 9.99. The molecule has 0 aliphatic carbocycles. The quantitative estimate of drug-likeness (QED) is 0.394. The third-order valence-electron chi connectivity index (χ3n) is 3.64. The van der Waals surface area contributed by atoms with Gasteiger partial charge in [0.15, 0.2) is 11.5 Å². The van der Waals surface area contributed by atoms with Crippen LogP contribution in [0.4, 0.5) is 0 Å². The van der Waals surface area contributed by atoms with Crippen molar-refractivity contribution in [2.24, 2.45) is 5.84 Å². The number of hydrazine groups is 1. The molecule has 1 aromatic rings. The first-order valence-electron chi connectivity index (χ1n) is 7.47. The predicted molar refractivity (Wildman–Crippen MR) is 84.9 cm³/mol. The summed E-state index contributed by atoms with van der Waals surface area (Å²) in [7, 11) is 4.84. The number of nitrogens with one attached hydrogen (secondary N) is 1. The summed E-state index contributed by atoms with van der Waals surface area (Å²) in [6.45, 7) is 2.21. The summed E-state index contributed by atoms with van der Waals surface area (Å²) in [5.74, 6) is 7.62. The zero-order valence-corrected chi connectivity index (χ0v) is 13.6. The number of nitrogens with two attached hydrogens (primary N) is 1. The van der Waals surface area contributed by atoms with Gasteiger partial charge in [-0.25, -0.2) is 0 Å². The van der Waals surface area contributed by atoms with Crippen LogP contribution >= 0.6 is 0 Å². The maximum Gasteiger partial charge on any atom is 0.203 e. The standard InChI is InChI=1S/C16H28N2O3/c1-5-6-7-8-9-13(18-17)12-10-14(19-2)16(21-4)15(11-12)20-3/h10-11,13,18H,5-9,17H2,1-4H3. The first kappa shape index (κ1) is 17.6. The maximum absolute atomic E-state index is 5.71. The van der Waals surface area contributed by atoms with Gasteiger partial charge in [-0.05, 0) is 24.1 Å². The molecule has 0 radical (unpaired) electrons. The van der Waals surface area contributed by atoms with Gasteiger partial charge in [-0.3, -0.25) is 11.3 Å². The van der Waals surface area contributed by atoms with Crippen LogP contribution in [0.25, 0.3) is 0 Å². The van der Waals surface area contributed by atoms with Crippen molar-refractivity contribution in [2.45, 2.75) is 45.1 Å². The van der Waals surface area contributed by atoms with Gasteiger partial charge >= 0.3 is 0 Å². The fourth-order valence-electron chi connectivity index (χ4n) is 2.42. The Morgan fingerprint density at radius 3 is 2.05 bits per heavy atom. The van der Waals surface area contributed by atoms with Crippen LogP contribution in [0.5, 0.6) is 17.2 Å². The van der Waals surface area contributed by atoms with Crippen molar-refractivity contribution in [1.82, 2.24) is 5.43 Å². The van der Waals surface area contributed by atoms with Crippen molar-refractivity contribution in [3.8, 4) is 17.2 Å². The fourth-order valence-corrected chi connectivity index (χ4v) is 2.42. The molecular weight excluding hydrogens is 268 g/mol. The Labute approximate surface area is 127 Å². The van der Waals surface area contributed by atoms with Gasteiger partial charge in [0.2, 0.25) is 5.75 Å². The third kappa shape index (κ3) is 4.79. The highest BCUT2D eigenvalue weighted by atomic mass is 16.5. The number of unbranched alkanes of at least 4 members (excludes halogenated alkanes) is 3. The van der Waals surface area contributed by atoms with E-state index in [1.54, 1.807) is 21.3 Å². The van der Waals surface area contributed by atoms with E-state index in [1.807, 2.05) is 12.1 Å². The number of benzene rings is 1. The van der Waals surface area contributed by atoms with Crippen molar-refractivity contribution < 1.29 is 14.2 Å². The zero-order valence-electron chi connectivity index (χ0n) is 13.6. The first-order valence-corrected chi connectivity index (χ1v) is 7.47. The summed E-state index contributed by atoms with van der Waals surface area (Å²) in [5.41, 5.74) is 3.93. The highest BCUT2D eigenvalue weighted by molar-refractivity contribution is 5.54. The number of methoxy groups -OCH3 is 3. The molecule has 0 aliphatic heterocycles. The van der Waals surface area contributed by atoms with E-state index in [9.17, 15) is 0 Å². The molecule has 0 saturated heterocycles. The average molecular weight is 296 g/mol. The van der Waals surface area contributed by atoms with Crippen LogP contribution in [0.15, 0.2) is 12.1 Å². The van der Waals surface area contributed by atoms with Gasteiger partial charge in [-0.1, -0.05) is 32.6 Å². The van der Waals surface area contributed by atoms with Crippen molar-refractivity contribution in [2.75, 3.05) is 21.3 Å². The molecule has 1 unspecified atom stereocenters. The van der Waals surface area contributed by atoms with E-state index in [-0.39, 0.29) is 6.04 Å². The highest BCUT2D eigenvalue weighted by Crippen LogP contribution is 2.40. The Morgan fingerprint density at radius 2 is 1.62 bits per heavy atom. The molecule has 0 aromatic heterocycles. The molecule has 0 spiro atoms. The molecule has 1 rings (SSSR count). The predicted octanol–water partition coefficient (Wildman–Crippen LogP) is 3.19. The van der Waals surface area contributed by atoms with Crippen LogP contribution in [-0.2, 0) is 0 Å². The minimum Gasteiger partial charge on any atom is -0.493 e. The minimum absolute atomic E-state index is 0.0792. The normalized spacial score (nSPS) is 12.0. The zero-order chi connectivity index (χ0) is 15.7. The van der Waals surface area contributed by atoms with Crippen molar-refractivity contribution >= 4 is 0 Å². The monoisotopic (exact) mass is 296 g/mol. The molecule has 0 heterocycles. The fraction of sp³-hybridized carbons (Fsp3) is 0.625. The van der Waals surface area contributed by atoms with E-state index < -0.39 is 0 Å². The minimum atomic E-state index is 0.0792. The molecule has 0 bridgehead atoms. The van der Waals surface area contributed by atoms with E-state index in [0.29, 0.717) is 17.2 Å². The molecule has 5 nitrogen and oxygen atoms in total. The summed E-state index contributed by atoms with van der Waals surface area (Å²) in [5, 5.41) is 0. The van der Waals surface area contributed by atoms with E-state index in [1.165, 1.54) is 19.3 Å². The van der Waals surface area contributed by atoms with Crippen LogP contribution in [0.1, 0.15) is 50.6 Å². The average Bonchev–Trinajstić information content (AvgIpc) is 2.53. The first-order chi connectivity index (χ1) is 10.2. The van der Waals surface area contributed by atoms with E-state index in [4.69, 9.17) is 20.1 Å². The number of hydrogen-bond donors (Lipinski definition) is 2. The van der Waals surface area contributed by atoms with Crippen LogP contribution in [-0.4, -0.2) is 21.3 Å². The van der Waals surface area contributed by atoms with Crippen LogP contribution in [0, 0.1) is 0 Å². The van der Waals surface area contributed by atoms with Gasteiger partial charge in [0.25, 0.3) is 0 Å². The molecule has 21 heavy (non-hydrogen) atoms. The molecule has 0 aliphatic rings. The summed E-state index contributed by atoms with van der Waals surface area (Å²) >= 11 is 0. The number of ether oxygens (including phenoxy) is 3. The number of hydrogen-bond acceptors (Lipinski definition) is 5. The van der Waals surface area contributed by atoms with Crippen molar-refractivity contribution in [3.05, 3.63) is 17.7 Å². The molecule has 0 fully saturated rings. The van der Waals surface area contributed by atoms with E-state index in [0.717, 1.165) is 18.4 Å². The summed E-state index contributed by atoms with van der Waals surface area (Å²) < 4.78 is 16.1. The second-order valence-corrected chi connectivity index (χ2v) is 5.03. The van der Waals surface area contributed by atoms with Crippen molar-refractivity contribution in [3.63, 3.8) is 0 Å². The Kier molecular flexibility index (Phi) is 7.93. The van der Waals surface area contributed by atoms with Gasteiger partial charge in [0.05, 0.1) is 21.3 Å². The van der Waals surface area contributed by atoms with Gasteiger partial charge in [-0.2, -0.15) is 0 Å². The van der Waals surface area contributed by atoms with Gasteiger partial charge in [0, 0.05) is 6.04 Å². The maximum atomic E-state index is 5.71. The molecular formula is C16H28N2O3. The second kappa shape index (κ2) is 9.47. The lowest BCUT2D eigenvalue weighted by molar-refractivity contribution is 0.322. The second-order valence-electron chi connectivity index (χ2n) is 5.03. The third-order valence-corrected chi connectivity index (χ3v) is 3.64. The van der Waals surface area contributed by atoms with Crippen LogP contribution in [0.2, 0.25) is 0 Å². The molecule has 5 heteroatoms. The summed E-state index contributed by atoms with van der Waals surface area (Å²) in [4.78, 5) is 0. The molecule has 1 aromatic carbocycles. The molecule has 3 N–H and O–H groups in total. The summed E-state index contributed by atoms with van der Waals surface area (Å²) in [6, 6.07) is 3.98. The SMILES string of the molecule is CCCCCCC(NN)c1cc(OC)c(OC)c(OC)c1. The largest absolute Gasteiger partial charge is 0.493 e. The molecule has 0 amide bonds. The van der Waals surface area contributed by atoms with E-state index >= 15 is 0 Å². The van der Waals surface area contributed by atoms with Gasteiger partial charge in [-0.15, -0.1) is 0 Å². The van der Waals surface area contributed by atoms with Gasteiger partial charge < -0.3 is 14.2 Å². The Bertz CT molecular complexity index is 399. The van der Waals surface area contributed by atoms with Crippen LogP contribution in [0.3, 0.4) is 0 Å². The Hall–Kier alpha value is -1.46. The molecule has 0 saturated carbocycles. The highest BCUT2D eigenvalue weighted by Gasteiger charge is 2.17.